The summed E-state index contributed by atoms with van der Waals surface area (Å²) in [5.74, 6) is 5.26. The van der Waals surface area contributed by atoms with Gasteiger partial charge in [0.25, 0.3) is 11.8 Å². The van der Waals surface area contributed by atoms with Crippen LogP contribution in [-0.4, -0.2) is 98.5 Å². The first-order valence-corrected chi connectivity index (χ1v) is 24.7. The Kier molecular flexibility index (Phi) is 20.1. The number of hydrogen-bond acceptors (Lipinski definition) is 17. The van der Waals surface area contributed by atoms with E-state index in [2.05, 4.69) is 66.4 Å². The SMILES string of the molecule is C1NCC2CC12.CS(=O)c1ncc(C(=O)NCc2ncccn2)c(NCc2ccc(CO)c(Cl)c2)n1.Cl.Cl.O=C(NCc1ncccn1)c1cnc(N2CC3CC3C2)nc1NCc1ccc(CO)c(Cl)c1. The lowest BCUT2D eigenvalue weighted by Crippen LogP contribution is -2.28. The highest BCUT2D eigenvalue weighted by atomic mass is 35.5. The Morgan fingerprint density at radius 2 is 1.14 bits per heavy atom. The summed E-state index contributed by atoms with van der Waals surface area (Å²) in [4.78, 5) is 61.6. The Morgan fingerprint density at radius 3 is 1.56 bits per heavy atom. The quantitative estimate of drug-likeness (QED) is 0.0617. The van der Waals surface area contributed by atoms with Crippen LogP contribution in [0.5, 0.6) is 0 Å². The van der Waals surface area contributed by atoms with Gasteiger partial charge in [-0.3, -0.25) is 13.8 Å². The fraction of sp³-hybridized carbons (Fsp3) is 0.362. The number of hydrogen-bond donors (Lipinski definition) is 7. The number of nitrogens with one attached hydrogen (secondary N) is 5. The maximum absolute atomic E-state index is 12.9. The summed E-state index contributed by atoms with van der Waals surface area (Å²) >= 11 is 12.4. The lowest BCUT2D eigenvalue weighted by Gasteiger charge is -2.20. The predicted octanol–water partition coefficient (Wildman–Crippen LogP) is 5.17. The van der Waals surface area contributed by atoms with Crippen molar-refractivity contribution in [1.82, 2.24) is 55.8 Å². The monoisotopic (exact) mass is 1070 g/mol. The van der Waals surface area contributed by atoms with Crippen LogP contribution in [0.15, 0.2) is 90.9 Å². The van der Waals surface area contributed by atoms with E-state index in [4.69, 9.17) is 28.2 Å². The minimum atomic E-state index is -1.41. The van der Waals surface area contributed by atoms with Gasteiger partial charge in [-0.1, -0.05) is 47.5 Å². The van der Waals surface area contributed by atoms with Gasteiger partial charge in [0.2, 0.25) is 11.1 Å². The Labute approximate surface area is 435 Å². The van der Waals surface area contributed by atoms with E-state index >= 15 is 0 Å². The largest absolute Gasteiger partial charge is 0.392 e. The van der Waals surface area contributed by atoms with E-state index in [-0.39, 0.29) is 73.6 Å². The smallest absolute Gasteiger partial charge is 0.256 e. The number of amides is 2. The number of benzene rings is 2. The number of nitrogens with zero attached hydrogens (tertiary/aromatic N) is 9. The van der Waals surface area contributed by atoms with Gasteiger partial charge in [-0.25, -0.2) is 34.9 Å². The molecule has 2 aromatic carbocycles. The number of aliphatic hydroxyl groups is 2. The van der Waals surface area contributed by atoms with E-state index in [1.807, 2.05) is 6.07 Å². The molecule has 2 aliphatic carbocycles. The van der Waals surface area contributed by atoms with Crippen molar-refractivity contribution in [2.75, 3.05) is 48.0 Å². The minimum absolute atomic E-state index is 0. The lowest BCUT2D eigenvalue weighted by atomic mass is 10.1. The van der Waals surface area contributed by atoms with Crippen LogP contribution in [0, 0.1) is 23.7 Å². The molecule has 0 bridgehead atoms. The van der Waals surface area contributed by atoms with Crippen molar-refractivity contribution in [3.05, 3.63) is 141 Å². The molecule has 4 aromatic heterocycles. The standard InChI is InChI=1S/C23H24ClN7O2.C19H19ClN6O3S.C5H9N.2ClH/c24-19-6-14(2-3-15(19)13-32)8-27-21-18(22(33)28-10-20-25-4-1-5-26-20)9-29-23(30-21)31-11-16-7-17(16)12-31;1-30(29)19-25-9-14(18(28)24-10-16-21-5-2-6-22-16)17(26-19)23-8-12-3-4-13(11-27)15(20)7-12;1-4-2-6-3-5(1)4;;/h1-6,9,16-17,32H,7-8,10-13H2,(H,28,33)(H,27,29,30);2-7,9,27H,8,10-11H2,1H3,(H,24,28)(H,23,25,26);4-6H,1-3H2;2*1H. The zero-order valence-corrected chi connectivity index (χ0v) is 42.5. The molecular weight excluding hydrogens is 1010 g/mol. The van der Waals surface area contributed by atoms with E-state index < -0.39 is 16.7 Å². The zero-order chi connectivity index (χ0) is 48.3. The number of aliphatic hydroxyl groups excluding tert-OH is 2. The summed E-state index contributed by atoms with van der Waals surface area (Å²) in [6.45, 7) is 5.32. The summed E-state index contributed by atoms with van der Waals surface area (Å²) in [6.07, 6.45) is 13.6. The Hall–Kier alpha value is -5.71. The molecule has 5 atom stereocenters. The second-order valence-electron chi connectivity index (χ2n) is 16.9. The first-order chi connectivity index (χ1) is 33.5. The third kappa shape index (κ3) is 15.2. The van der Waals surface area contributed by atoms with Crippen LogP contribution in [0.2, 0.25) is 10.0 Å². The third-order valence-electron chi connectivity index (χ3n) is 12.0. The van der Waals surface area contributed by atoms with E-state index in [0.717, 1.165) is 47.9 Å². The van der Waals surface area contributed by atoms with Crippen LogP contribution in [0.4, 0.5) is 17.6 Å². The summed E-state index contributed by atoms with van der Waals surface area (Å²) in [5.41, 5.74) is 3.55. The van der Waals surface area contributed by atoms with Crippen molar-refractivity contribution in [2.45, 2.75) is 57.4 Å². The molecule has 6 aromatic rings. The third-order valence-corrected chi connectivity index (χ3v) is 13.4. The van der Waals surface area contributed by atoms with Crippen LogP contribution in [0.1, 0.15) is 67.5 Å². The Balaban J connectivity index is 0.000000202. The molecule has 6 heterocycles. The molecule has 5 unspecified atom stereocenters. The second kappa shape index (κ2) is 26.1. The normalized spacial score (nSPS) is 18.0. The molecule has 19 nitrogen and oxygen atoms in total. The average molecular weight is 1070 g/mol. The highest BCUT2D eigenvalue weighted by Crippen LogP contribution is 2.45. The summed E-state index contributed by atoms with van der Waals surface area (Å²) < 4.78 is 11.8. The molecule has 0 radical (unpaired) electrons. The summed E-state index contributed by atoms with van der Waals surface area (Å²) in [7, 11) is -1.41. The minimum Gasteiger partial charge on any atom is -0.392 e. The molecule has 2 amide bonds. The number of piperidine rings is 2. The van der Waals surface area contributed by atoms with Crippen molar-refractivity contribution >= 4 is 88.2 Å². The molecular formula is C47H54Cl4N14O5S. The molecule has 376 valence electrons. The van der Waals surface area contributed by atoms with Crippen LogP contribution in [-0.2, 0) is 50.2 Å². The van der Waals surface area contributed by atoms with Gasteiger partial charge in [-0.15, -0.1) is 24.8 Å². The highest BCUT2D eigenvalue weighted by Gasteiger charge is 2.46. The number of halogens is 4. The Morgan fingerprint density at radius 1 is 0.676 bits per heavy atom. The van der Waals surface area contributed by atoms with Crippen LogP contribution < -0.4 is 31.5 Å². The van der Waals surface area contributed by atoms with E-state index in [0.29, 0.717) is 63.2 Å². The Bertz CT molecular complexity index is 2760. The van der Waals surface area contributed by atoms with Crippen molar-refractivity contribution in [3.8, 4) is 0 Å². The van der Waals surface area contributed by atoms with Gasteiger partial charge < -0.3 is 41.7 Å². The lowest BCUT2D eigenvalue weighted by molar-refractivity contribution is 0.0941. The van der Waals surface area contributed by atoms with E-state index in [9.17, 15) is 24.0 Å². The fourth-order valence-corrected chi connectivity index (χ4v) is 8.78. The first-order valence-electron chi connectivity index (χ1n) is 22.4. The number of rotatable bonds is 16. The molecule has 24 heteroatoms. The molecule has 2 aliphatic heterocycles. The van der Waals surface area contributed by atoms with Gasteiger partial charge in [0.15, 0.2) is 0 Å². The number of aromatic nitrogens is 8. The van der Waals surface area contributed by atoms with Gasteiger partial charge in [0.05, 0.1) is 37.1 Å². The van der Waals surface area contributed by atoms with E-state index in [1.54, 1.807) is 73.4 Å². The average Bonchev–Trinajstić information content (AvgIpc) is 4.21. The molecule has 2 saturated heterocycles. The molecule has 4 aliphatic rings. The van der Waals surface area contributed by atoms with Crippen LogP contribution >= 0.6 is 48.0 Å². The second-order valence-corrected chi connectivity index (χ2v) is 19.0. The predicted molar refractivity (Wildman–Crippen MR) is 275 cm³/mol. The number of fused-ring (bicyclic) bond motifs is 2. The highest BCUT2D eigenvalue weighted by molar-refractivity contribution is 7.84. The van der Waals surface area contributed by atoms with Gasteiger partial charge >= 0.3 is 0 Å². The molecule has 0 spiro atoms. The molecule has 71 heavy (non-hydrogen) atoms. The number of anilines is 3. The fourth-order valence-electron chi connectivity index (χ4n) is 7.84. The zero-order valence-electron chi connectivity index (χ0n) is 38.5. The number of carbonyl (C=O) groups excluding carboxylic acids is 2. The van der Waals surface area contributed by atoms with Crippen LogP contribution in [0.25, 0.3) is 0 Å². The van der Waals surface area contributed by atoms with Gasteiger partial charge in [0.1, 0.15) is 34.4 Å². The maximum Gasteiger partial charge on any atom is 0.256 e. The number of carbonyl (C=O) groups is 2. The summed E-state index contributed by atoms with van der Waals surface area (Å²) in [5, 5.41) is 34.8. The summed E-state index contributed by atoms with van der Waals surface area (Å²) in [6, 6.07) is 14.1. The van der Waals surface area contributed by atoms with E-state index in [1.165, 1.54) is 38.4 Å². The molecule has 7 N–H and O–H groups in total. The van der Waals surface area contributed by atoms with Crippen molar-refractivity contribution in [3.63, 3.8) is 0 Å². The molecule has 4 fully saturated rings. The van der Waals surface area contributed by atoms with Gasteiger partial charge in [0, 0.05) is 79.7 Å². The maximum atomic E-state index is 12.9. The van der Waals surface area contributed by atoms with Crippen molar-refractivity contribution in [2.24, 2.45) is 23.7 Å². The molecule has 10 rings (SSSR count). The van der Waals surface area contributed by atoms with Crippen molar-refractivity contribution in [1.29, 1.82) is 0 Å². The van der Waals surface area contributed by atoms with Crippen LogP contribution in [0.3, 0.4) is 0 Å². The van der Waals surface area contributed by atoms with Gasteiger partial charge in [-0.2, -0.15) is 4.98 Å². The van der Waals surface area contributed by atoms with Gasteiger partial charge in [-0.05, 0) is 96.1 Å². The first kappa shape index (κ1) is 54.6. The molecule has 2 saturated carbocycles. The topological polar surface area (TPSA) is 258 Å². The van der Waals surface area contributed by atoms with Crippen molar-refractivity contribution < 1.29 is 24.0 Å².